The van der Waals surface area contributed by atoms with Crippen LogP contribution in [-0.2, 0) is 23.9 Å². The molecule has 46 heavy (non-hydrogen) atoms. The molecule has 0 bridgehead atoms. The Hall–Kier alpha value is -3.07. The molecule has 8 atom stereocenters. The van der Waals surface area contributed by atoms with Crippen LogP contribution < -0.4 is 0 Å². The second kappa shape index (κ2) is 11.9. The normalized spacial score (nSPS) is 38.9. The molecule has 3 saturated carbocycles. The second-order valence-corrected chi connectivity index (χ2v) is 15.0. The molecule has 0 radical (unpaired) electrons. The number of hydrogen-bond acceptors (Lipinski definition) is 8. The van der Waals surface area contributed by atoms with Crippen LogP contribution in [0, 0.1) is 29.6 Å². The van der Waals surface area contributed by atoms with Crippen LogP contribution in [-0.4, -0.2) is 62.1 Å². The molecule has 4 aliphatic carbocycles. The molecule has 8 heteroatoms. The summed E-state index contributed by atoms with van der Waals surface area (Å²) < 4.78 is 12.0. The molecule has 1 aromatic carbocycles. The van der Waals surface area contributed by atoms with Gasteiger partial charge in [-0.25, -0.2) is 9.59 Å². The molecular formula is C38H50O8. The van der Waals surface area contributed by atoms with E-state index in [-0.39, 0.29) is 37.7 Å². The number of aryl methyl sites for hydroxylation is 1. The minimum absolute atomic E-state index is 0.0196. The van der Waals surface area contributed by atoms with Crippen molar-refractivity contribution in [2.45, 2.75) is 122 Å². The van der Waals surface area contributed by atoms with Crippen molar-refractivity contribution in [1.29, 1.82) is 0 Å². The number of allylic oxidation sites excluding steroid dienone is 1. The number of benzene rings is 1. The maximum absolute atomic E-state index is 13.3. The number of Topliss-reactive ketones (excluding diaryl/α,β-unsaturated/α-hetero) is 1. The van der Waals surface area contributed by atoms with Crippen LogP contribution in [0.15, 0.2) is 53.6 Å². The van der Waals surface area contributed by atoms with E-state index in [1.54, 1.807) is 13.0 Å². The summed E-state index contributed by atoms with van der Waals surface area (Å²) in [5, 5.41) is 37.2. The second-order valence-electron chi connectivity index (χ2n) is 15.0. The van der Waals surface area contributed by atoms with Crippen molar-refractivity contribution in [2.75, 3.05) is 0 Å². The van der Waals surface area contributed by atoms with E-state index in [0.29, 0.717) is 19.3 Å². The number of aliphatic hydroxyl groups is 3. The van der Waals surface area contributed by atoms with Crippen molar-refractivity contribution in [3.8, 4) is 0 Å². The minimum atomic E-state index is -1.99. The van der Waals surface area contributed by atoms with Gasteiger partial charge in [0, 0.05) is 24.5 Å². The molecule has 1 aromatic rings. The van der Waals surface area contributed by atoms with Gasteiger partial charge in [-0.3, -0.25) is 4.79 Å². The Kier molecular flexibility index (Phi) is 8.84. The number of carbonyl (C=O) groups excluding carboxylic acids is 3. The van der Waals surface area contributed by atoms with Crippen molar-refractivity contribution < 1.29 is 39.2 Å². The van der Waals surface area contributed by atoms with Gasteiger partial charge in [0.05, 0.1) is 5.41 Å². The molecule has 0 heterocycles. The van der Waals surface area contributed by atoms with Crippen LogP contribution in [0.5, 0.6) is 0 Å². The first-order chi connectivity index (χ1) is 21.4. The van der Waals surface area contributed by atoms with Gasteiger partial charge in [0.15, 0.2) is 5.78 Å². The first-order valence-electron chi connectivity index (χ1n) is 16.6. The van der Waals surface area contributed by atoms with Crippen LogP contribution in [0.25, 0.3) is 6.08 Å². The molecule has 8 nitrogen and oxygen atoms in total. The predicted octanol–water partition coefficient (Wildman–Crippen LogP) is 5.56. The van der Waals surface area contributed by atoms with Crippen molar-refractivity contribution >= 4 is 23.8 Å². The first-order valence-corrected chi connectivity index (χ1v) is 16.6. The van der Waals surface area contributed by atoms with Gasteiger partial charge in [-0.15, -0.1) is 0 Å². The summed E-state index contributed by atoms with van der Waals surface area (Å²) in [5.41, 5.74) is -3.99. The lowest BCUT2D eigenvalue weighted by molar-refractivity contribution is -0.314. The van der Waals surface area contributed by atoms with Gasteiger partial charge in [0.2, 0.25) is 0 Å². The fourth-order valence-corrected chi connectivity index (χ4v) is 9.12. The molecule has 3 fully saturated rings. The van der Waals surface area contributed by atoms with Gasteiger partial charge in [0.1, 0.15) is 29.0 Å². The number of ether oxygens (including phenoxy) is 2. The molecule has 250 valence electrons. The Bertz CT molecular complexity index is 1510. The van der Waals surface area contributed by atoms with E-state index >= 15 is 0 Å². The summed E-state index contributed by atoms with van der Waals surface area (Å²) in [6, 6.07) is 7.79. The summed E-state index contributed by atoms with van der Waals surface area (Å²) in [5.74, 6) is -1.98. The van der Waals surface area contributed by atoms with Crippen molar-refractivity contribution in [3.05, 3.63) is 64.8 Å². The highest BCUT2D eigenvalue weighted by molar-refractivity contribution is 5.88. The van der Waals surface area contributed by atoms with E-state index in [1.165, 1.54) is 19.1 Å². The van der Waals surface area contributed by atoms with Gasteiger partial charge in [-0.2, -0.15) is 0 Å². The zero-order chi connectivity index (χ0) is 33.9. The predicted molar refractivity (Wildman–Crippen MR) is 174 cm³/mol. The van der Waals surface area contributed by atoms with Gasteiger partial charge in [-0.1, -0.05) is 62.3 Å². The Balaban J connectivity index is 1.45. The minimum Gasteiger partial charge on any atom is -0.459 e. The number of rotatable bonds is 7. The molecule has 0 amide bonds. The zero-order valence-electron chi connectivity index (χ0n) is 28.3. The Morgan fingerprint density at radius 1 is 0.978 bits per heavy atom. The Morgan fingerprint density at radius 2 is 1.67 bits per heavy atom. The Labute approximate surface area is 272 Å². The molecule has 0 spiro atoms. The average molecular weight is 635 g/mol. The van der Waals surface area contributed by atoms with E-state index in [4.69, 9.17) is 9.47 Å². The topological polar surface area (TPSA) is 130 Å². The number of hydrogen-bond donors (Lipinski definition) is 3. The number of ketones is 1. The van der Waals surface area contributed by atoms with Crippen molar-refractivity contribution in [1.82, 2.24) is 0 Å². The zero-order valence-corrected chi connectivity index (χ0v) is 28.3. The summed E-state index contributed by atoms with van der Waals surface area (Å²) in [4.78, 5) is 39.1. The van der Waals surface area contributed by atoms with Crippen molar-refractivity contribution in [3.63, 3.8) is 0 Å². The van der Waals surface area contributed by atoms with Crippen LogP contribution in [0.3, 0.4) is 0 Å². The maximum Gasteiger partial charge on any atom is 0.331 e. The fraction of sp³-hybridized carbons (Fsp3) is 0.605. The highest BCUT2D eigenvalue weighted by Crippen LogP contribution is 2.71. The van der Waals surface area contributed by atoms with Gasteiger partial charge >= 0.3 is 11.9 Å². The molecule has 0 unspecified atom stereocenters. The molecular weight excluding hydrogens is 584 g/mol. The van der Waals surface area contributed by atoms with Crippen LogP contribution in [0.4, 0.5) is 0 Å². The molecule has 5 rings (SSSR count). The Morgan fingerprint density at radius 3 is 2.33 bits per heavy atom. The first kappa shape index (κ1) is 34.3. The third-order valence-corrected chi connectivity index (χ3v) is 12.5. The number of esters is 2. The van der Waals surface area contributed by atoms with Crippen molar-refractivity contribution in [2.24, 2.45) is 22.7 Å². The van der Waals surface area contributed by atoms with E-state index < -0.39 is 57.4 Å². The number of fused-ring (bicyclic) bond motifs is 5. The molecule has 0 aromatic heterocycles. The fourth-order valence-electron chi connectivity index (χ4n) is 9.12. The lowest BCUT2D eigenvalue weighted by Gasteiger charge is -2.67. The van der Waals surface area contributed by atoms with Crippen LogP contribution in [0.2, 0.25) is 0 Å². The number of carbonyl (C=O) groups is 3. The summed E-state index contributed by atoms with van der Waals surface area (Å²) in [6.07, 6.45) is 6.99. The van der Waals surface area contributed by atoms with E-state index in [2.05, 4.69) is 6.92 Å². The largest absolute Gasteiger partial charge is 0.459 e. The van der Waals surface area contributed by atoms with E-state index in [9.17, 15) is 29.7 Å². The lowest BCUT2D eigenvalue weighted by atomic mass is 9.42. The highest BCUT2D eigenvalue weighted by atomic mass is 16.6. The van der Waals surface area contributed by atoms with Gasteiger partial charge in [-0.05, 0) is 94.8 Å². The quantitative estimate of drug-likeness (QED) is 0.202. The summed E-state index contributed by atoms with van der Waals surface area (Å²) >= 11 is 0. The van der Waals surface area contributed by atoms with E-state index in [0.717, 1.165) is 22.3 Å². The maximum atomic E-state index is 13.3. The molecule has 3 N–H and O–H groups in total. The molecule has 0 aliphatic heterocycles. The van der Waals surface area contributed by atoms with Gasteiger partial charge in [0.25, 0.3) is 0 Å². The highest BCUT2D eigenvalue weighted by Gasteiger charge is 2.81. The third kappa shape index (κ3) is 5.12. The smallest absolute Gasteiger partial charge is 0.331 e. The summed E-state index contributed by atoms with van der Waals surface area (Å²) in [7, 11) is 0. The average Bonchev–Trinajstić information content (AvgIpc) is 3.22. The molecule has 0 saturated heterocycles. The molecule has 4 aliphatic rings. The lowest BCUT2D eigenvalue weighted by Crippen LogP contribution is -2.78. The van der Waals surface area contributed by atoms with Crippen LogP contribution >= 0.6 is 0 Å². The van der Waals surface area contributed by atoms with E-state index in [1.807, 2.05) is 58.0 Å². The van der Waals surface area contributed by atoms with Gasteiger partial charge < -0.3 is 24.8 Å². The summed E-state index contributed by atoms with van der Waals surface area (Å²) in [6.45, 7) is 12.7. The van der Waals surface area contributed by atoms with Crippen LogP contribution in [0.1, 0.15) is 97.6 Å². The SMILES string of the molecule is CC(=O)[C@]1(O)CC[C@@]2(O)[C@]1(C)[C@H](OC(=O)/C=C(\C)C(C)C)C[C@@H]1[C@@]3(C)CC[C@H](OC(=O)/C=C/c4ccccc4C)CC3=CC[C@]12O. The monoisotopic (exact) mass is 634 g/mol. The standard InChI is InChI=1S/C38H50O8/c1-23(2)25(4)20-33(41)46-31-22-30-34(6)16-15-29(45-32(40)13-12-27-11-9-8-10-24(27)3)21-28(34)14-17-37(30,43)38(44)19-18-36(42,26(5)39)35(31,38)7/h8-14,20,23,29-31,42-44H,15-19,21-22H2,1-7H3/b13-12+,25-20+/t29-,30+,31+,34-,35+,36+,37-,38+/m0/s1. The third-order valence-electron chi connectivity index (χ3n) is 12.5.